The minimum absolute atomic E-state index is 0.122. The molecule has 1 aromatic carbocycles. The molecule has 6 nitrogen and oxygen atoms in total. The summed E-state index contributed by atoms with van der Waals surface area (Å²) in [5.41, 5.74) is 2.00. The molecule has 0 atom stereocenters. The van der Waals surface area contributed by atoms with Gasteiger partial charge in [0.2, 0.25) is 0 Å². The molecular weight excluding hydrogens is 388 g/mol. The molecule has 0 saturated carbocycles. The standard InChI is InChI=1S/C25H44N4O2/c1-6-12-28(13-7-2)16-10-26-24(30)22-18-21(5)19-23(20-22)25(31)27-11-17-29(14-8-3)15-9-4/h18-20H,6-17H2,1-5H3,(H,26,30)(H,27,31). The largest absolute Gasteiger partial charge is 0.351 e. The molecule has 0 aliphatic rings. The molecule has 0 radical (unpaired) electrons. The fourth-order valence-corrected chi connectivity index (χ4v) is 3.84. The monoisotopic (exact) mass is 432 g/mol. The Bertz CT molecular complexity index is 599. The third-order valence-corrected chi connectivity index (χ3v) is 5.19. The van der Waals surface area contributed by atoms with Crippen LogP contribution in [0.15, 0.2) is 18.2 Å². The van der Waals surface area contributed by atoms with E-state index in [2.05, 4.69) is 48.1 Å². The molecule has 0 bridgehead atoms. The highest BCUT2D eigenvalue weighted by atomic mass is 16.2. The van der Waals surface area contributed by atoms with Crippen molar-refractivity contribution < 1.29 is 9.59 Å². The van der Waals surface area contributed by atoms with E-state index in [0.29, 0.717) is 24.2 Å². The van der Waals surface area contributed by atoms with Crippen LogP contribution in [-0.4, -0.2) is 74.0 Å². The van der Waals surface area contributed by atoms with Crippen molar-refractivity contribution in [2.75, 3.05) is 52.4 Å². The van der Waals surface area contributed by atoms with Crippen LogP contribution in [0.2, 0.25) is 0 Å². The first-order valence-corrected chi connectivity index (χ1v) is 12.1. The molecule has 0 spiro atoms. The quantitative estimate of drug-likeness (QED) is 0.418. The van der Waals surface area contributed by atoms with E-state index >= 15 is 0 Å². The minimum Gasteiger partial charge on any atom is -0.351 e. The summed E-state index contributed by atoms with van der Waals surface area (Å²) in [5.74, 6) is -0.245. The fourth-order valence-electron chi connectivity index (χ4n) is 3.84. The zero-order valence-electron chi connectivity index (χ0n) is 20.4. The Morgan fingerprint density at radius 2 is 1.00 bits per heavy atom. The average molecular weight is 433 g/mol. The summed E-state index contributed by atoms with van der Waals surface area (Å²) in [6.07, 6.45) is 4.44. The third-order valence-electron chi connectivity index (χ3n) is 5.19. The van der Waals surface area contributed by atoms with Gasteiger partial charge in [0.25, 0.3) is 11.8 Å². The highest BCUT2D eigenvalue weighted by Gasteiger charge is 2.13. The second-order valence-electron chi connectivity index (χ2n) is 8.28. The lowest BCUT2D eigenvalue weighted by atomic mass is 10.1. The number of amides is 2. The van der Waals surface area contributed by atoms with Crippen LogP contribution in [0.3, 0.4) is 0 Å². The van der Waals surface area contributed by atoms with Crippen molar-refractivity contribution in [2.45, 2.75) is 60.3 Å². The van der Waals surface area contributed by atoms with E-state index in [1.54, 1.807) is 6.07 Å². The van der Waals surface area contributed by atoms with Crippen molar-refractivity contribution >= 4 is 11.8 Å². The predicted octanol–water partition coefficient (Wildman–Crippen LogP) is 3.70. The molecule has 1 aromatic rings. The third kappa shape index (κ3) is 10.8. The summed E-state index contributed by atoms with van der Waals surface area (Å²) in [6, 6.07) is 5.38. The lowest BCUT2D eigenvalue weighted by Crippen LogP contribution is -2.36. The summed E-state index contributed by atoms with van der Waals surface area (Å²) in [7, 11) is 0. The van der Waals surface area contributed by atoms with Crippen LogP contribution in [0.4, 0.5) is 0 Å². The van der Waals surface area contributed by atoms with Gasteiger partial charge in [0.15, 0.2) is 0 Å². The van der Waals surface area contributed by atoms with Crippen molar-refractivity contribution in [3.63, 3.8) is 0 Å². The number of benzene rings is 1. The van der Waals surface area contributed by atoms with Crippen LogP contribution in [0, 0.1) is 6.92 Å². The van der Waals surface area contributed by atoms with E-state index in [1.807, 2.05) is 19.1 Å². The number of carbonyl (C=O) groups excluding carboxylic acids is 2. The Labute approximate surface area is 189 Å². The number of rotatable bonds is 16. The topological polar surface area (TPSA) is 64.7 Å². The second-order valence-corrected chi connectivity index (χ2v) is 8.28. The summed E-state index contributed by atoms with van der Waals surface area (Å²) in [5, 5.41) is 6.01. The molecule has 2 N–H and O–H groups in total. The van der Waals surface area contributed by atoms with Crippen molar-refractivity contribution in [1.29, 1.82) is 0 Å². The Morgan fingerprint density at radius 3 is 1.32 bits per heavy atom. The number of nitrogens with zero attached hydrogens (tertiary/aromatic N) is 2. The van der Waals surface area contributed by atoms with Crippen LogP contribution in [0.25, 0.3) is 0 Å². The van der Waals surface area contributed by atoms with Gasteiger partial charge < -0.3 is 20.4 Å². The number of nitrogens with one attached hydrogen (secondary N) is 2. The van der Waals surface area contributed by atoms with Crippen LogP contribution >= 0.6 is 0 Å². The van der Waals surface area contributed by atoms with Crippen LogP contribution in [0.1, 0.15) is 79.7 Å². The van der Waals surface area contributed by atoms with Gasteiger partial charge in [-0.2, -0.15) is 0 Å². The second kappa shape index (κ2) is 15.8. The van der Waals surface area contributed by atoms with Gasteiger partial charge in [0.1, 0.15) is 0 Å². The van der Waals surface area contributed by atoms with Gasteiger partial charge in [-0.05, 0) is 82.5 Å². The van der Waals surface area contributed by atoms with Crippen molar-refractivity contribution in [1.82, 2.24) is 20.4 Å². The highest BCUT2D eigenvalue weighted by Crippen LogP contribution is 2.10. The van der Waals surface area contributed by atoms with Gasteiger partial charge >= 0.3 is 0 Å². The zero-order chi connectivity index (χ0) is 23.1. The maximum absolute atomic E-state index is 12.6. The SMILES string of the molecule is CCCN(CCC)CCNC(=O)c1cc(C)cc(C(=O)NCCN(CCC)CCC)c1. The molecule has 2 amide bonds. The predicted molar refractivity (Wildman–Crippen MR) is 130 cm³/mol. The van der Waals surface area contributed by atoms with E-state index in [4.69, 9.17) is 0 Å². The summed E-state index contributed by atoms with van der Waals surface area (Å²) < 4.78 is 0. The van der Waals surface area contributed by atoms with Gasteiger partial charge in [-0.1, -0.05) is 27.7 Å². The zero-order valence-corrected chi connectivity index (χ0v) is 20.4. The van der Waals surface area contributed by atoms with Gasteiger partial charge in [-0.15, -0.1) is 0 Å². The van der Waals surface area contributed by atoms with E-state index in [9.17, 15) is 9.59 Å². The van der Waals surface area contributed by atoms with E-state index in [1.165, 1.54) is 0 Å². The molecule has 31 heavy (non-hydrogen) atoms. The Hall–Kier alpha value is -1.92. The molecule has 0 fully saturated rings. The Kier molecular flexibility index (Phi) is 13.8. The molecule has 0 heterocycles. The lowest BCUT2D eigenvalue weighted by Gasteiger charge is -2.21. The smallest absolute Gasteiger partial charge is 0.251 e. The Balaban J connectivity index is 2.62. The molecular formula is C25H44N4O2. The van der Waals surface area contributed by atoms with Crippen molar-refractivity contribution in [3.05, 3.63) is 34.9 Å². The summed E-state index contributed by atoms with van der Waals surface area (Å²) in [4.78, 5) is 30.0. The average Bonchev–Trinajstić information content (AvgIpc) is 2.73. The van der Waals surface area contributed by atoms with Gasteiger partial charge in [0, 0.05) is 37.3 Å². The highest BCUT2D eigenvalue weighted by molar-refractivity contribution is 6.00. The first kappa shape index (κ1) is 27.1. The Morgan fingerprint density at radius 1 is 0.645 bits per heavy atom. The van der Waals surface area contributed by atoms with Gasteiger partial charge in [-0.3, -0.25) is 9.59 Å². The van der Waals surface area contributed by atoms with Gasteiger partial charge in [-0.25, -0.2) is 0 Å². The van der Waals surface area contributed by atoms with E-state index in [0.717, 1.165) is 70.5 Å². The molecule has 0 saturated heterocycles. The maximum atomic E-state index is 12.6. The number of carbonyl (C=O) groups is 2. The van der Waals surface area contributed by atoms with Crippen molar-refractivity contribution in [3.8, 4) is 0 Å². The lowest BCUT2D eigenvalue weighted by molar-refractivity contribution is 0.0947. The van der Waals surface area contributed by atoms with Crippen LogP contribution in [0.5, 0.6) is 0 Å². The number of hydrogen-bond acceptors (Lipinski definition) is 4. The van der Waals surface area contributed by atoms with E-state index < -0.39 is 0 Å². The number of hydrogen-bond donors (Lipinski definition) is 2. The first-order valence-electron chi connectivity index (χ1n) is 12.1. The molecule has 6 heteroatoms. The number of aryl methyl sites for hydroxylation is 1. The molecule has 176 valence electrons. The molecule has 0 aliphatic carbocycles. The normalized spacial score (nSPS) is 11.2. The fraction of sp³-hybridized carbons (Fsp3) is 0.680. The van der Waals surface area contributed by atoms with E-state index in [-0.39, 0.29) is 11.8 Å². The molecule has 0 aliphatic heterocycles. The van der Waals surface area contributed by atoms with Crippen molar-refractivity contribution in [2.24, 2.45) is 0 Å². The first-order chi connectivity index (χ1) is 14.9. The van der Waals surface area contributed by atoms with Crippen LogP contribution < -0.4 is 10.6 Å². The van der Waals surface area contributed by atoms with Gasteiger partial charge in [0.05, 0.1) is 0 Å². The summed E-state index contributed by atoms with van der Waals surface area (Å²) in [6.45, 7) is 17.7. The summed E-state index contributed by atoms with van der Waals surface area (Å²) >= 11 is 0. The molecule has 0 unspecified atom stereocenters. The minimum atomic E-state index is -0.122. The molecule has 1 rings (SSSR count). The van der Waals surface area contributed by atoms with Crippen LogP contribution in [-0.2, 0) is 0 Å². The maximum Gasteiger partial charge on any atom is 0.251 e. The molecule has 0 aromatic heterocycles.